The molecule has 1 rings (SSSR count). The van der Waals surface area contributed by atoms with E-state index in [0.717, 1.165) is 32.4 Å². The van der Waals surface area contributed by atoms with E-state index in [-0.39, 0.29) is 0 Å². The Kier molecular flexibility index (Phi) is 7.78. The van der Waals surface area contributed by atoms with Crippen LogP contribution < -0.4 is 5.32 Å². The molecule has 1 aliphatic carbocycles. The first-order chi connectivity index (χ1) is 9.38. The van der Waals surface area contributed by atoms with Gasteiger partial charge in [-0.05, 0) is 43.1 Å². The predicted octanol–water partition coefficient (Wildman–Crippen LogP) is 2.99. The highest BCUT2D eigenvalue weighted by molar-refractivity contribution is 4.93. The Morgan fingerprint density at radius 3 is 2.65 bits per heavy atom. The van der Waals surface area contributed by atoms with E-state index < -0.39 is 6.10 Å². The molecular weight excluding hydrogens is 250 g/mol. The molecule has 118 valence electrons. The summed E-state index contributed by atoms with van der Waals surface area (Å²) >= 11 is 0. The van der Waals surface area contributed by atoms with Gasteiger partial charge in [-0.25, -0.2) is 0 Å². The van der Waals surface area contributed by atoms with Crippen LogP contribution in [0.5, 0.6) is 0 Å². The van der Waals surface area contributed by atoms with E-state index in [2.05, 4.69) is 45.2 Å². The fourth-order valence-corrected chi connectivity index (χ4v) is 2.39. The minimum atomic E-state index is -0.399. The number of hydrogen-bond donors (Lipinski definition) is 2. The molecule has 0 bridgehead atoms. The number of aliphatic hydroxyl groups excluding tert-OH is 1. The zero-order valence-electron chi connectivity index (χ0n) is 13.7. The van der Waals surface area contributed by atoms with Crippen LogP contribution in [0.1, 0.15) is 47.0 Å². The Bertz CT molecular complexity index is 283. The van der Waals surface area contributed by atoms with E-state index in [0.29, 0.717) is 30.4 Å². The van der Waals surface area contributed by atoms with Gasteiger partial charge in [-0.3, -0.25) is 0 Å². The highest BCUT2D eigenvalue weighted by Gasteiger charge is 2.18. The molecule has 3 heteroatoms. The SMILES string of the molecule is CC1CC=CCC1COCC(O)CNCCC(C)(C)C. The first-order valence-corrected chi connectivity index (χ1v) is 8.00. The highest BCUT2D eigenvalue weighted by Crippen LogP contribution is 2.25. The molecular formula is C17H33NO2. The van der Waals surface area contributed by atoms with Crippen molar-refractivity contribution in [1.29, 1.82) is 0 Å². The lowest BCUT2D eigenvalue weighted by Gasteiger charge is -2.25. The van der Waals surface area contributed by atoms with Gasteiger partial charge in [-0.2, -0.15) is 0 Å². The van der Waals surface area contributed by atoms with Crippen molar-refractivity contribution in [2.24, 2.45) is 17.3 Å². The number of aliphatic hydroxyl groups is 1. The summed E-state index contributed by atoms with van der Waals surface area (Å²) < 4.78 is 5.68. The molecule has 0 amide bonds. The lowest BCUT2D eigenvalue weighted by molar-refractivity contribution is 0.0127. The summed E-state index contributed by atoms with van der Waals surface area (Å²) in [6.45, 7) is 11.7. The first-order valence-electron chi connectivity index (χ1n) is 8.00. The number of nitrogens with one attached hydrogen (secondary N) is 1. The van der Waals surface area contributed by atoms with E-state index >= 15 is 0 Å². The molecule has 2 N–H and O–H groups in total. The average Bonchev–Trinajstić information content (AvgIpc) is 2.36. The second-order valence-electron chi connectivity index (χ2n) is 7.39. The van der Waals surface area contributed by atoms with Crippen LogP contribution in [0.25, 0.3) is 0 Å². The molecule has 0 aromatic carbocycles. The molecule has 3 unspecified atom stereocenters. The molecule has 1 aliphatic rings. The number of rotatable bonds is 8. The van der Waals surface area contributed by atoms with E-state index in [1.807, 2.05) is 0 Å². The van der Waals surface area contributed by atoms with E-state index in [1.54, 1.807) is 0 Å². The van der Waals surface area contributed by atoms with Gasteiger partial charge in [0.05, 0.1) is 19.3 Å². The van der Waals surface area contributed by atoms with Gasteiger partial charge in [0, 0.05) is 6.54 Å². The molecule has 3 atom stereocenters. The predicted molar refractivity (Wildman–Crippen MR) is 84.8 cm³/mol. The van der Waals surface area contributed by atoms with Crippen molar-refractivity contribution in [3.05, 3.63) is 12.2 Å². The third-order valence-corrected chi connectivity index (χ3v) is 3.99. The molecule has 0 heterocycles. The minimum Gasteiger partial charge on any atom is -0.389 e. The van der Waals surface area contributed by atoms with Crippen LogP contribution in [0.2, 0.25) is 0 Å². The molecule has 20 heavy (non-hydrogen) atoms. The monoisotopic (exact) mass is 283 g/mol. The van der Waals surface area contributed by atoms with Crippen LogP contribution in [0.3, 0.4) is 0 Å². The molecule has 0 spiro atoms. The summed E-state index contributed by atoms with van der Waals surface area (Å²) in [5.74, 6) is 1.31. The number of ether oxygens (including phenoxy) is 1. The summed E-state index contributed by atoms with van der Waals surface area (Å²) in [6, 6.07) is 0. The van der Waals surface area contributed by atoms with Crippen LogP contribution in [0.15, 0.2) is 12.2 Å². The van der Waals surface area contributed by atoms with Gasteiger partial charge in [0.25, 0.3) is 0 Å². The largest absolute Gasteiger partial charge is 0.389 e. The van der Waals surface area contributed by atoms with E-state index in [9.17, 15) is 5.11 Å². The molecule has 0 saturated carbocycles. The number of hydrogen-bond acceptors (Lipinski definition) is 3. The van der Waals surface area contributed by atoms with Crippen LogP contribution in [-0.4, -0.2) is 37.5 Å². The molecule has 0 fully saturated rings. The fourth-order valence-electron chi connectivity index (χ4n) is 2.39. The zero-order chi connectivity index (χ0) is 15.0. The maximum absolute atomic E-state index is 9.87. The lowest BCUT2D eigenvalue weighted by atomic mass is 9.85. The zero-order valence-corrected chi connectivity index (χ0v) is 13.7. The van der Waals surface area contributed by atoms with Gasteiger partial charge >= 0.3 is 0 Å². The molecule has 3 nitrogen and oxygen atoms in total. The van der Waals surface area contributed by atoms with Gasteiger partial charge < -0.3 is 15.2 Å². The second kappa shape index (κ2) is 8.81. The minimum absolute atomic E-state index is 0.346. The van der Waals surface area contributed by atoms with Crippen LogP contribution in [-0.2, 0) is 4.74 Å². The molecule has 0 aromatic heterocycles. The van der Waals surface area contributed by atoms with Crippen molar-refractivity contribution in [1.82, 2.24) is 5.32 Å². The van der Waals surface area contributed by atoms with Gasteiger partial charge in [-0.1, -0.05) is 39.8 Å². The maximum Gasteiger partial charge on any atom is 0.0897 e. The van der Waals surface area contributed by atoms with E-state index in [4.69, 9.17) is 4.74 Å². The Morgan fingerprint density at radius 1 is 1.30 bits per heavy atom. The van der Waals surface area contributed by atoms with Crippen molar-refractivity contribution < 1.29 is 9.84 Å². The highest BCUT2D eigenvalue weighted by atomic mass is 16.5. The normalized spacial score (nSPS) is 24.9. The van der Waals surface area contributed by atoms with Gasteiger partial charge in [0.1, 0.15) is 0 Å². The van der Waals surface area contributed by atoms with Crippen molar-refractivity contribution in [3.8, 4) is 0 Å². The quantitative estimate of drug-likeness (QED) is 0.531. The Hall–Kier alpha value is -0.380. The third-order valence-electron chi connectivity index (χ3n) is 3.99. The summed E-state index contributed by atoms with van der Waals surface area (Å²) in [7, 11) is 0. The molecule has 0 saturated heterocycles. The van der Waals surface area contributed by atoms with Crippen LogP contribution in [0, 0.1) is 17.3 Å². The lowest BCUT2D eigenvalue weighted by Crippen LogP contribution is -2.33. The van der Waals surface area contributed by atoms with Crippen molar-refractivity contribution >= 4 is 0 Å². The van der Waals surface area contributed by atoms with Gasteiger partial charge in [0.2, 0.25) is 0 Å². The Morgan fingerprint density at radius 2 is 2.00 bits per heavy atom. The van der Waals surface area contributed by atoms with Gasteiger partial charge in [0.15, 0.2) is 0 Å². The summed E-state index contributed by atoms with van der Waals surface area (Å²) in [5.41, 5.74) is 0.346. The standard InChI is InChI=1S/C17H33NO2/c1-14-7-5-6-8-15(14)12-20-13-16(19)11-18-10-9-17(2,3)4/h5-6,14-16,18-19H,7-13H2,1-4H3. The van der Waals surface area contributed by atoms with Gasteiger partial charge in [-0.15, -0.1) is 0 Å². The van der Waals surface area contributed by atoms with Crippen molar-refractivity contribution in [2.75, 3.05) is 26.3 Å². The topological polar surface area (TPSA) is 41.5 Å². The smallest absolute Gasteiger partial charge is 0.0897 e. The Labute approximate surface area is 124 Å². The molecule has 0 aromatic rings. The summed E-state index contributed by atoms with van der Waals surface area (Å²) in [5, 5.41) is 13.2. The first kappa shape index (κ1) is 17.7. The average molecular weight is 283 g/mol. The fraction of sp³-hybridized carbons (Fsp3) is 0.882. The van der Waals surface area contributed by atoms with E-state index in [1.165, 1.54) is 0 Å². The Balaban J connectivity index is 2.02. The van der Waals surface area contributed by atoms with Crippen molar-refractivity contribution in [2.45, 2.75) is 53.1 Å². The second-order valence-corrected chi connectivity index (χ2v) is 7.39. The van der Waals surface area contributed by atoms with Crippen LogP contribution in [0.4, 0.5) is 0 Å². The molecule has 0 radical (unpaired) electrons. The third kappa shape index (κ3) is 8.03. The maximum atomic E-state index is 9.87. The summed E-state index contributed by atoms with van der Waals surface area (Å²) in [6.07, 6.45) is 7.50. The van der Waals surface area contributed by atoms with Crippen molar-refractivity contribution in [3.63, 3.8) is 0 Å². The summed E-state index contributed by atoms with van der Waals surface area (Å²) in [4.78, 5) is 0. The van der Waals surface area contributed by atoms with Crippen LogP contribution >= 0.6 is 0 Å². The number of allylic oxidation sites excluding steroid dienone is 2. The molecule has 0 aliphatic heterocycles.